The van der Waals surface area contributed by atoms with Crippen molar-refractivity contribution in [1.29, 1.82) is 0 Å². The van der Waals surface area contributed by atoms with Crippen molar-refractivity contribution >= 4 is 32.9 Å². The molecule has 3 aromatic heterocycles. The molecule has 0 aliphatic carbocycles. The molecule has 0 amide bonds. The summed E-state index contributed by atoms with van der Waals surface area (Å²) >= 11 is 3.24. The van der Waals surface area contributed by atoms with Gasteiger partial charge in [-0.05, 0) is 19.1 Å². The molecular formula is C15H13N5S2. The summed E-state index contributed by atoms with van der Waals surface area (Å²) in [4.78, 5) is 16.8. The Balaban J connectivity index is 1.91. The molecule has 7 heteroatoms. The molecule has 0 atom stereocenters. The fourth-order valence-corrected chi connectivity index (χ4v) is 3.87. The monoisotopic (exact) mass is 327 g/mol. The van der Waals surface area contributed by atoms with Crippen LogP contribution in [0.1, 0.15) is 11.5 Å². The van der Waals surface area contributed by atoms with Crippen LogP contribution < -0.4 is 5.73 Å². The molecule has 1 aromatic carbocycles. The Bertz CT molecular complexity index is 950. The fourth-order valence-electron chi connectivity index (χ4n) is 2.35. The third-order valence-corrected chi connectivity index (χ3v) is 5.15. The molecular weight excluding hydrogens is 314 g/mol. The standard InChI is InChI=1S/C15H13N5S2/c1-8-6-21-15(18-8)14-13(19-12(5-16)20-14)9-2-3-10-11(4-9)22-7-17-10/h2-4,6-7H,5,16H2,1H3,(H,19,20). The molecule has 3 heterocycles. The lowest BCUT2D eigenvalue weighted by Gasteiger charge is -2.00. The quantitative estimate of drug-likeness (QED) is 0.603. The van der Waals surface area contributed by atoms with E-state index in [1.165, 1.54) is 0 Å². The van der Waals surface area contributed by atoms with Crippen LogP contribution in [0.5, 0.6) is 0 Å². The van der Waals surface area contributed by atoms with Gasteiger partial charge in [-0.1, -0.05) is 6.07 Å². The van der Waals surface area contributed by atoms with E-state index < -0.39 is 0 Å². The zero-order valence-corrected chi connectivity index (χ0v) is 13.5. The number of nitrogens with one attached hydrogen (secondary N) is 1. The van der Waals surface area contributed by atoms with Crippen LogP contribution in [0.25, 0.3) is 32.2 Å². The van der Waals surface area contributed by atoms with Gasteiger partial charge in [-0.25, -0.2) is 15.0 Å². The highest BCUT2D eigenvalue weighted by Crippen LogP contribution is 2.34. The molecule has 4 rings (SSSR count). The van der Waals surface area contributed by atoms with Crippen LogP contribution in [0.2, 0.25) is 0 Å². The van der Waals surface area contributed by atoms with E-state index in [4.69, 9.17) is 5.73 Å². The molecule has 0 fully saturated rings. The normalized spacial score (nSPS) is 11.4. The predicted molar refractivity (Wildman–Crippen MR) is 90.9 cm³/mol. The first-order valence-electron chi connectivity index (χ1n) is 6.79. The first-order chi connectivity index (χ1) is 10.7. The van der Waals surface area contributed by atoms with Crippen molar-refractivity contribution in [2.75, 3.05) is 0 Å². The third-order valence-electron chi connectivity index (χ3n) is 3.38. The largest absolute Gasteiger partial charge is 0.338 e. The average molecular weight is 327 g/mol. The lowest BCUT2D eigenvalue weighted by Crippen LogP contribution is -1.97. The number of fused-ring (bicyclic) bond motifs is 1. The van der Waals surface area contributed by atoms with Crippen molar-refractivity contribution in [2.45, 2.75) is 13.5 Å². The highest BCUT2D eigenvalue weighted by atomic mass is 32.1. The molecule has 0 aliphatic heterocycles. The number of imidazole rings is 1. The first kappa shape index (κ1) is 13.6. The Morgan fingerprint density at radius 3 is 2.91 bits per heavy atom. The highest BCUT2D eigenvalue weighted by molar-refractivity contribution is 7.16. The Morgan fingerprint density at radius 2 is 2.14 bits per heavy atom. The molecule has 0 spiro atoms. The zero-order valence-electron chi connectivity index (χ0n) is 11.8. The van der Waals surface area contributed by atoms with Gasteiger partial charge >= 0.3 is 0 Å². The molecule has 0 bridgehead atoms. The number of H-pyrrole nitrogens is 1. The second-order valence-corrected chi connectivity index (χ2v) is 6.68. The number of benzene rings is 1. The Kier molecular flexibility index (Phi) is 3.25. The minimum Gasteiger partial charge on any atom is -0.338 e. The van der Waals surface area contributed by atoms with Gasteiger partial charge in [0.05, 0.1) is 28.0 Å². The first-order valence-corrected chi connectivity index (χ1v) is 8.55. The number of aromatic nitrogens is 4. The number of thiazole rings is 2. The van der Waals surface area contributed by atoms with Crippen molar-refractivity contribution < 1.29 is 0 Å². The molecule has 5 nitrogen and oxygen atoms in total. The van der Waals surface area contributed by atoms with Gasteiger partial charge < -0.3 is 10.7 Å². The molecule has 0 saturated heterocycles. The molecule has 0 unspecified atom stereocenters. The van der Waals surface area contributed by atoms with Gasteiger partial charge in [-0.3, -0.25) is 0 Å². The average Bonchev–Trinajstić information content (AvgIpc) is 3.24. The summed E-state index contributed by atoms with van der Waals surface area (Å²) in [6, 6.07) is 6.19. The second-order valence-electron chi connectivity index (χ2n) is 4.94. The van der Waals surface area contributed by atoms with E-state index in [-0.39, 0.29) is 0 Å². The summed E-state index contributed by atoms with van der Waals surface area (Å²) in [5.41, 5.74) is 12.5. The van der Waals surface area contributed by atoms with Gasteiger partial charge in [0.2, 0.25) is 0 Å². The van der Waals surface area contributed by atoms with Gasteiger partial charge in [-0.2, -0.15) is 0 Å². The van der Waals surface area contributed by atoms with E-state index in [0.29, 0.717) is 6.54 Å². The molecule has 110 valence electrons. The molecule has 0 radical (unpaired) electrons. The Labute approximate surface area is 134 Å². The third kappa shape index (κ3) is 2.23. The lowest BCUT2D eigenvalue weighted by molar-refractivity contribution is 0.951. The number of hydrogen-bond acceptors (Lipinski definition) is 6. The second kappa shape index (κ2) is 5.28. The fraction of sp³-hybridized carbons (Fsp3) is 0.133. The van der Waals surface area contributed by atoms with Crippen LogP contribution >= 0.6 is 22.7 Å². The molecule has 0 saturated carbocycles. The van der Waals surface area contributed by atoms with Crippen molar-refractivity contribution in [3.63, 3.8) is 0 Å². The van der Waals surface area contributed by atoms with Crippen molar-refractivity contribution in [3.05, 3.63) is 40.6 Å². The van der Waals surface area contributed by atoms with Crippen molar-refractivity contribution in [1.82, 2.24) is 19.9 Å². The summed E-state index contributed by atoms with van der Waals surface area (Å²) in [6.07, 6.45) is 0. The number of aromatic amines is 1. The molecule has 22 heavy (non-hydrogen) atoms. The minimum absolute atomic E-state index is 0.375. The van der Waals surface area contributed by atoms with Crippen molar-refractivity contribution in [2.24, 2.45) is 5.73 Å². The smallest absolute Gasteiger partial charge is 0.142 e. The summed E-state index contributed by atoms with van der Waals surface area (Å²) in [6.45, 7) is 2.36. The van der Waals surface area contributed by atoms with Crippen LogP contribution in [-0.2, 0) is 6.54 Å². The molecule has 4 aromatic rings. The minimum atomic E-state index is 0.375. The van der Waals surface area contributed by atoms with Gasteiger partial charge in [0, 0.05) is 16.6 Å². The van der Waals surface area contributed by atoms with Gasteiger partial charge in [0.25, 0.3) is 0 Å². The maximum atomic E-state index is 5.75. The molecule has 3 N–H and O–H groups in total. The van der Waals surface area contributed by atoms with Crippen LogP contribution in [0.4, 0.5) is 0 Å². The van der Waals surface area contributed by atoms with Gasteiger partial charge in [0.1, 0.15) is 16.5 Å². The topological polar surface area (TPSA) is 80.5 Å². The maximum absolute atomic E-state index is 5.75. The maximum Gasteiger partial charge on any atom is 0.142 e. The van der Waals surface area contributed by atoms with E-state index in [2.05, 4.69) is 26.0 Å². The van der Waals surface area contributed by atoms with Gasteiger partial charge in [0.15, 0.2) is 0 Å². The van der Waals surface area contributed by atoms with Crippen LogP contribution in [-0.4, -0.2) is 19.9 Å². The SMILES string of the molecule is Cc1csc(-c2[nH]c(CN)nc2-c2ccc3ncsc3c2)n1. The number of nitrogens with two attached hydrogens (primary N) is 1. The van der Waals surface area contributed by atoms with E-state index in [9.17, 15) is 0 Å². The number of rotatable bonds is 3. The Morgan fingerprint density at radius 1 is 1.23 bits per heavy atom. The summed E-state index contributed by atoms with van der Waals surface area (Å²) in [5.74, 6) is 0.766. The van der Waals surface area contributed by atoms with Gasteiger partial charge in [-0.15, -0.1) is 22.7 Å². The highest BCUT2D eigenvalue weighted by Gasteiger charge is 2.16. The number of nitrogens with zero attached hydrogens (tertiary/aromatic N) is 3. The predicted octanol–water partition coefficient (Wildman–Crippen LogP) is 3.58. The Hall–Kier alpha value is -2.09. The zero-order chi connectivity index (χ0) is 15.1. The van der Waals surface area contributed by atoms with E-state index in [0.717, 1.165) is 43.7 Å². The van der Waals surface area contributed by atoms with Crippen LogP contribution in [0.15, 0.2) is 29.1 Å². The van der Waals surface area contributed by atoms with E-state index in [1.54, 1.807) is 22.7 Å². The van der Waals surface area contributed by atoms with Crippen LogP contribution in [0.3, 0.4) is 0 Å². The van der Waals surface area contributed by atoms with Crippen molar-refractivity contribution in [3.8, 4) is 22.0 Å². The summed E-state index contributed by atoms with van der Waals surface area (Å²) in [7, 11) is 0. The number of aryl methyl sites for hydroxylation is 1. The summed E-state index contributed by atoms with van der Waals surface area (Å²) < 4.78 is 1.15. The number of hydrogen-bond donors (Lipinski definition) is 2. The van der Waals surface area contributed by atoms with E-state index in [1.807, 2.05) is 29.9 Å². The molecule has 0 aliphatic rings. The lowest BCUT2D eigenvalue weighted by atomic mass is 10.1. The van der Waals surface area contributed by atoms with Crippen LogP contribution in [0, 0.1) is 6.92 Å². The van der Waals surface area contributed by atoms with E-state index >= 15 is 0 Å². The summed E-state index contributed by atoms with van der Waals surface area (Å²) in [5, 5.41) is 2.97.